The summed E-state index contributed by atoms with van der Waals surface area (Å²) < 4.78 is 1.55. The van der Waals surface area contributed by atoms with Gasteiger partial charge in [-0.1, -0.05) is 12.1 Å². The van der Waals surface area contributed by atoms with Crippen LogP contribution in [0.3, 0.4) is 0 Å². The molecular weight excluding hydrogens is 260 g/mol. The Kier molecular flexibility index (Phi) is 3.47. The van der Waals surface area contributed by atoms with Crippen molar-refractivity contribution < 1.29 is 4.92 Å². The highest BCUT2D eigenvalue weighted by Gasteiger charge is 2.22. The Labute approximate surface area is 107 Å². The van der Waals surface area contributed by atoms with Crippen LogP contribution < -0.4 is 0 Å². The van der Waals surface area contributed by atoms with Crippen molar-refractivity contribution in [3.05, 3.63) is 27.8 Å². The summed E-state index contributed by atoms with van der Waals surface area (Å²) >= 11 is 5.67. The lowest BCUT2D eigenvalue weighted by molar-refractivity contribution is -0.384. The molecule has 8 nitrogen and oxygen atoms in total. The van der Waals surface area contributed by atoms with Gasteiger partial charge in [0.1, 0.15) is 11.9 Å². The summed E-state index contributed by atoms with van der Waals surface area (Å²) in [5.74, 6) is 0. The third-order valence-electron chi connectivity index (χ3n) is 2.23. The highest BCUT2D eigenvalue weighted by Crippen LogP contribution is 2.27. The summed E-state index contributed by atoms with van der Waals surface area (Å²) in [4.78, 5) is 17.9. The fourth-order valence-electron chi connectivity index (χ4n) is 1.49. The molecule has 0 bridgehead atoms. The fourth-order valence-corrected chi connectivity index (χ4v) is 1.63. The van der Waals surface area contributed by atoms with Gasteiger partial charge in [-0.25, -0.2) is 14.6 Å². The number of rotatable bonds is 4. The monoisotopic (exact) mass is 268 g/mol. The minimum Gasteiger partial charge on any atom is -0.258 e. The molecule has 0 aromatic carbocycles. The minimum atomic E-state index is -0.561. The molecule has 0 fully saturated rings. The van der Waals surface area contributed by atoms with E-state index >= 15 is 0 Å². The maximum atomic E-state index is 10.9. The predicted octanol–water partition coefficient (Wildman–Crippen LogP) is 1.71. The Morgan fingerprint density at radius 2 is 2.28 bits per heavy atom. The first-order chi connectivity index (χ1) is 8.63. The number of aromatic nitrogens is 5. The van der Waals surface area contributed by atoms with Crippen molar-refractivity contribution in [3.8, 4) is 11.4 Å². The van der Waals surface area contributed by atoms with E-state index in [4.69, 9.17) is 11.6 Å². The summed E-state index contributed by atoms with van der Waals surface area (Å²) in [5, 5.41) is 18.5. The summed E-state index contributed by atoms with van der Waals surface area (Å²) in [6, 6.07) is 0. The van der Waals surface area contributed by atoms with E-state index in [9.17, 15) is 10.1 Å². The largest absolute Gasteiger partial charge is 0.315 e. The van der Waals surface area contributed by atoms with E-state index in [0.717, 1.165) is 12.6 Å². The second-order valence-corrected chi connectivity index (χ2v) is 3.81. The topological polar surface area (TPSA) is 99.6 Å². The van der Waals surface area contributed by atoms with Gasteiger partial charge in [-0.05, 0) is 18.0 Å². The zero-order valence-corrected chi connectivity index (χ0v) is 10.2. The van der Waals surface area contributed by atoms with Gasteiger partial charge in [0.2, 0.25) is 5.28 Å². The lowest BCUT2D eigenvalue weighted by Gasteiger charge is -2.04. The molecule has 0 saturated heterocycles. The first kappa shape index (κ1) is 12.4. The maximum absolute atomic E-state index is 10.9. The molecule has 0 aliphatic carbocycles. The number of hydrogen-bond acceptors (Lipinski definition) is 6. The van der Waals surface area contributed by atoms with Gasteiger partial charge < -0.3 is 0 Å². The molecule has 0 atom stereocenters. The summed E-state index contributed by atoms with van der Waals surface area (Å²) in [6.07, 6.45) is 3.32. The number of halogens is 1. The Morgan fingerprint density at radius 1 is 1.50 bits per heavy atom. The van der Waals surface area contributed by atoms with Gasteiger partial charge in [0.05, 0.1) is 11.1 Å². The van der Waals surface area contributed by atoms with Crippen LogP contribution in [0.4, 0.5) is 5.69 Å². The van der Waals surface area contributed by atoms with Crippen LogP contribution in [0.1, 0.15) is 13.3 Å². The van der Waals surface area contributed by atoms with Crippen molar-refractivity contribution in [1.82, 2.24) is 25.0 Å². The van der Waals surface area contributed by atoms with Crippen molar-refractivity contribution in [1.29, 1.82) is 0 Å². The number of nitro groups is 1. The molecule has 9 heteroatoms. The molecule has 0 N–H and O–H groups in total. The Bertz CT molecular complexity index is 584. The Morgan fingerprint density at radius 3 is 2.94 bits per heavy atom. The third kappa shape index (κ3) is 2.28. The van der Waals surface area contributed by atoms with Crippen LogP contribution >= 0.6 is 11.6 Å². The molecule has 0 unspecified atom stereocenters. The normalized spacial score (nSPS) is 10.6. The van der Waals surface area contributed by atoms with Crippen LogP contribution in [-0.4, -0.2) is 29.9 Å². The molecule has 0 aliphatic heterocycles. The lowest BCUT2D eigenvalue weighted by atomic mass is 10.2. The van der Waals surface area contributed by atoms with E-state index in [0.29, 0.717) is 12.2 Å². The van der Waals surface area contributed by atoms with E-state index in [1.165, 1.54) is 6.20 Å². The van der Waals surface area contributed by atoms with Crippen LogP contribution in [0, 0.1) is 10.1 Å². The van der Waals surface area contributed by atoms with Crippen molar-refractivity contribution in [2.75, 3.05) is 0 Å². The summed E-state index contributed by atoms with van der Waals surface area (Å²) in [7, 11) is 0. The maximum Gasteiger partial charge on any atom is 0.315 e. The molecule has 0 radical (unpaired) electrons. The van der Waals surface area contributed by atoms with Crippen LogP contribution in [0.2, 0.25) is 5.28 Å². The molecular formula is C9H9ClN6O2. The zero-order valence-electron chi connectivity index (χ0n) is 9.45. The molecule has 18 heavy (non-hydrogen) atoms. The molecule has 94 valence electrons. The van der Waals surface area contributed by atoms with Crippen molar-refractivity contribution in [2.45, 2.75) is 19.9 Å². The molecule has 2 aromatic rings. The van der Waals surface area contributed by atoms with Gasteiger partial charge in [0.25, 0.3) is 0 Å². The van der Waals surface area contributed by atoms with Gasteiger partial charge in [0, 0.05) is 6.54 Å². The molecule has 0 spiro atoms. The van der Waals surface area contributed by atoms with Crippen LogP contribution in [-0.2, 0) is 6.54 Å². The van der Waals surface area contributed by atoms with E-state index in [1.54, 1.807) is 4.68 Å². The van der Waals surface area contributed by atoms with E-state index in [2.05, 4.69) is 20.3 Å². The second-order valence-electron chi connectivity index (χ2n) is 3.47. The number of aryl methyl sites for hydroxylation is 1. The smallest absolute Gasteiger partial charge is 0.258 e. The Balaban J connectivity index is 2.58. The number of hydrogen-bond donors (Lipinski definition) is 0. The van der Waals surface area contributed by atoms with E-state index < -0.39 is 4.92 Å². The average Bonchev–Trinajstić information content (AvgIpc) is 2.77. The van der Waals surface area contributed by atoms with Crippen LogP contribution in [0.5, 0.6) is 0 Å². The molecule has 2 rings (SSSR count). The van der Waals surface area contributed by atoms with Crippen molar-refractivity contribution in [2.24, 2.45) is 0 Å². The molecule has 2 heterocycles. The van der Waals surface area contributed by atoms with Crippen molar-refractivity contribution >= 4 is 17.3 Å². The highest BCUT2D eigenvalue weighted by molar-refractivity contribution is 6.28. The molecule has 2 aromatic heterocycles. The summed E-state index contributed by atoms with van der Waals surface area (Å²) in [6.45, 7) is 2.56. The average molecular weight is 269 g/mol. The highest BCUT2D eigenvalue weighted by atomic mass is 35.5. The molecule has 0 amide bonds. The fraction of sp³-hybridized carbons (Fsp3) is 0.333. The van der Waals surface area contributed by atoms with Gasteiger partial charge in [-0.3, -0.25) is 10.1 Å². The quantitative estimate of drug-likeness (QED) is 0.475. The molecule has 0 saturated carbocycles. The van der Waals surface area contributed by atoms with Gasteiger partial charge in [0.15, 0.2) is 5.69 Å². The van der Waals surface area contributed by atoms with Crippen molar-refractivity contribution in [3.63, 3.8) is 0 Å². The van der Waals surface area contributed by atoms with E-state index in [-0.39, 0.29) is 16.7 Å². The van der Waals surface area contributed by atoms with E-state index in [1.807, 2.05) is 6.92 Å². The standard InChI is InChI=1S/C9H9ClN6O2/c1-2-3-15-6(5-12-14-15)8-7(16(17)18)4-11-9(10)13-8/h4-5H,2-3H2,1H3. The third-order valence-corrected chi connectivity index (χ3v) is 2.41. The molecule has 0 aliphatic rings. The first-order valence-corrected chi connectivity index (χ1v) is 5.57. The Hall–Kier alpha value is -2.09. The minimum absolute atomic E-state index is 0.0557. The SMILES string of the molecule is CCCn1nncc1-c1nc(Cl)ncc1[N+](=O)[O-]. The summed E-state index contributed by atoms with van der Waals surface area (Å²) in [5.41, 5.74) is 0.352. The van der Waals surface area contributed by atoms with Gasteiger partial charge in [-0.15, -0.1) is 5.10 Å². The number of nitrogens with zero attached hydrogens (tertiary/aromatic N) is 6. The second kappa shape index (κ2) is 5.05. The zero-order chi connectivity index (χ0) is 13.1. The van der Waals surface area contributed by atoms with Gasteiger partial charge >= 0.3 is 5.69 Å². The van der Waals surface area contributed by atoms with Crippen LogP contribution in [0.25, 0.3) is 11.4 Å². The predicted molar refractivity (Wildman–Crippen MR) is 63.0 cm³/mol. The van der Waals surface area contributed by atoms with Gasteiger partial charge in [-0.2, -0.15) is 0 Å². The lowest BCUT2D eigenvalue weighted by Crippen LogP contribution is -2.05. The van der Waals surface area contributed by atoms with Crippen LogP contribution in [0.15, 0.2) is 12.4 Å². The first-order valence-electron chi connectivity index (χ1n) is 5.19.